The number of hydrogen-bond acceptors (Lipinski definition) is 7. The quantitative estimate of drug-likeness (QED) is 0.283. The van der Waals surface area contributed by atoms with E-state index < -0.39 is 27.7 Å². The molecule has 1 aromatic carbocycles. The highest BCUT2D eigenvalue weighted by atomic mass is 32.2. The molecular weight excluding hydrogens is 350 g/mol. The number of nitrogens with one attached hydrogen (secondary N) is 3. The van der Waals surface area contributed by atoms with E-state index in [1.54, 1.807) is 30.3 Å². The lowest BCUT2D eigenvalue weighted by atomic mass is 10.1. The van der Waals surface area contributed by atoms with Crippen LogP contribution < -0.4 is 15.6 Å². The molecule has 3 N–H and O–H groups in total. The van der Waals surface area contributed by atoms with Gasteiger partial charge in [-0.05, 0) is 18.6 Å². The number of carbonyl (C=O) groups excluding carboxylic acids is 3. The van der Waals surface area contributed by atoms with Gasteiger partial charge < -0.3 is 15.5 Å². The standard InChI is InChI=1S/C15H21N3O6S/c1-24-15(21)13(19)8-5-9-14(20)16-10-11-25(22,23)18-17-12-6-3-2-4-7-12/h2-4,6-7,17-18H,5,8-11H2,1H3,(H,16,20). The Morgan fingerprint density at radius 3 is 2.40 bits per heavy atom. The summed E-state index contributed by atoms with van der Waals surface area (Å²) in [7, 11) is -2.51. The third-order valence-corrected chi connectivity index (χ3v) is 4.19. The van der Waals surface area contributed by atoms with Gasteiger partial charge >= 0.3 is 5.97 Å². The van der Waals surface area contributed by atoms with Crippen LogP contribution in [0.15, 0.2) is 30.3 Å². The molecule has 25 heavy (non-hydrogen) atoms. The van der Waals surface area contributed by atoms with Crippen molar-refractivity contribution in [2.45, 2.75) is 19.3 Å². The molecule has 0 radical (unpaired) electrons. The molecule has 0 aliphatic rings. The molecule has 9 nitrogen and oxygen atoms in total. The van der Waals surface area contributed by atoms with Crippen molar-refractivity contribution in [2.75, 3.05) is 24.8 Å². The monoisotopic (exact) mass is 371 g/mol. The van der Waals surface area contributed by atoms with E-state index in [0.717, 1.165) is 7.11 Å². The first-order chi connectivity index (χ1) is 11.8. The van der Waals surface area contributed by atoms with Gasteiger partial charge in [0.25, 0.3) is 0 Å². The Bertz CT molecular complexity index is 690. The van der Waals surface area contributed by atoms with Crippen LogP contribution in [-0.2, 0) is 29.1 Å². The number of anilines is 1. The van der Waals surface area contributed by atoms with Crippen molar-refractivity contribution in [3.8, 4) is 0 Å². The molecule has 0 fully saturated rings. The number of ketones is 1. The summed E-state index contributed by atoms with van der Waals surface area (Å²) in [5.41, 5.74) is 3.14. The van der Waals surface area contributed by atoms with Gasteiger partial charge in [-0.15, -0.1) is 4.83 Å². The molecule has 0 spiro atoms. The zero-order valence-corrected chi connectivity index (χ0v) is 14.6. The second-order valence-corrected chi connectivity index (χ2v) is 6.87. The molecule has 0 saturated carbocycles. The van der Waals surface area contributed by atoms with Crippen molar-refractivity contribution >= 4 is 33.4 Å². The average Bonchev–Trinajstić information content (AvgIpc) is 2.60. The molecule has 0 saturated heterocycles. The van der Waals surface area contributed by atoms with E-state index in [4.69, 9.17) is 0 Å². The highest BCUT2D eigenvalue weighted by molar-refractivity contribution is 7.89. The zero-order chi connectivity index (χ0) is 18.7. The number of amides is 1. The Morgan fingerprint density at radius 2 is 1.76 bits per heavy atom. The number of carbonyl (C=O) groups is 3. The summed E-state index contributed by atoms with van der Waals surface area (Å²) < 4.78 is 27.8. The molecule has 0 heterocycles. The van der Waals surface area contributed by atoms with Crippen molar-refractivity contribution < 1.29 is 27.5 Å². The Kier molecular flexibility index (Phi) is 8.57. The van der Waals surface area contributed by atoms with Crippen LogP contribution in [0.1, 0.15) is 19.3 Å². The summed E-state index contributed by atoms with van der Waals surface area (Å²) in [6.45, 7) is -0.0738. The van der Waals surface area contributed by atoms with Crippen molar-refractivity contribution in [2.24, 2.45) is 0 Å². The summed E-state index contributed by atoms with van der Waals surface area (Å²) in [6.07, 6.45) is 0.0970. The molecule has 138 valence electrons. The number of Topliss-reactive ketones (excluding diaryl/α,β-unsaturated/α-hetero) is 1. The van der Waals surface area contributed by atoms with Crippen LogP contribution in [0.25, 0.3) is 0 Å². The fourth-order valence-corrected chi connectivity index (χ4v) is 2.49. The Balaban J connectivity index is 2.21. The van der Waals surface area contributed by atoms with Crippen molar-refractivity contribution in [1.29, 1.82) is 0 Å². The Morgan fingerprint density at radius 1 is 1.08 bits per heavy atom. The van der Waals surface area contributed by atoms with Crippen molar-refractivity contribution in [3.05, 3.63) is 30.3 Å². The van der Waals surface area contributed by atoms with Gasteiger partial charge in [-0.1, -0.05) is 18.2 Å². The Hall–Kier alpha value is -2.46. The fourth-order valence-electron chi connectivity index (χ4n) is 1.75. The van der Waals surface area contributed by atoms with Gasteiger partial charge in [-0.3, -0.25) is 9.59 Å². The van der Waals surface area contributed by atoms with Gasteiger partial charge in [0.2, 0.25) is 21.7 Å². The third-order valence-electron chi connectivity index (χ3n) is 3.04. The van der Waals surface area contributed by atoms with Crippen LogP contribution in [0.5, 0.6) is 0 Å². The van der Waals surface area contributed by atoms with Crippen LogP contribution in [0, 0.1) is 0 Å². The van der Waals surface area contributed by atoms with E-state index in [9.17, 15) is 22.8 Å². The lowest BCUT2D eigenvalue weighted by Crippen LogP contribution is -2.37. The maximum atomic E-state index is 11.8. The first-order valence-corrected chi connectivity index (χ1v) is 9.17. The average molecular weight is 371 g/mol. The van der Waals surface area contributed by atoms with Crippen LogP contribution in [-0.4, -0.2) is 45.5 Å². The minimum absolute atomic E-state index is 0.0124. The van der Waals surface area contributed by atoms with Crippen molar-refractivity contribution in [3.63, 3.8) is 0 Å². The van der Waals surface area contributed by atoms with Crippen molar-refractivity contribution in [1.82, 2.24) is 10.1 Å². The van der Waals surface area contributed by atoms with E-state index in [1.807, 2.05) is 0 Å². The van der Waals surface area contributed by atoms with Crippen LogP contribution in [0.3, 0.4) is 0 Å². The molecule has 1 aromatic rings. The highest BCUT2D eigenvalue weighted by Gasteiger charge is 2.14. The number of para-hydroxylation sites is 1. The predicted octanol–water partition coefficient (Wildman–Crippen LogP) is -0.0385. The first-order valence-electron chi connectivity index (χ1n) is 7.52. The largest absolute Gasteiger partial charge is 0.463 e. The van der Waals surface area contributed by atoms with E-state index >= 15 is 0 Å². The number of hydrazine groups is 1. The van der Waals surface area contributed by atoms with E-state index in [0.29, 0.717) is 5.69 Å². The van der Waals surface area contributed by atoms with Gasteiger partial charge in [0.15, 0.2) is 0 Å². The van der Waals surface area contributed by atoms with Crippen LogP contribution >= 0.6 is 0 Å². The highest BCUT2D eigenvalue weighted by Crippen LogP contribution is 2.03. The minimum atomic E-state index is -3.62. The van der Waals surface area contributed by atoms with Gasteiger partial charge in [0, 0.05) is 25.1 Å². The van der Waals surface area contributed by atoms with E-state index in [2.05, 4.69) is 20.3 Å². The van der Waals surface area contributed by atoms with E-state index in [1.165, 1.54) is 0 Å². The van der Waals surface area contributed by atoms with Gasteiger partial charge in [0.1, 0.15) is 0 Å². The molecule has 1 rings (SSSR count). The third kappa shape index (κ3) is 8.82. The number of rotatable bonds is 11. The molecule has 10 heteroatoms. The number of hydrogen-bond donors (Lipinski definition) is 3. The predicted molar refractivity (Wildman–Crippen MR) is 90.9 cm³/mol. The second-order valence-electron chi connectivity index (χ2n) is 5.03. The summed E-state index contributed by atoms with van der Waals surface area (Å²) >= 11 is 0. The topological polar surface area (TPSA) is 131 Å². The minimum Gasteiger partial charge on any atom is -0.463 e. The molecule has 1 amide bonds. The normalized spacial score (nSPS) is 10.8. The zero-order valence-electron chi connectivity index (χ0n) is 13.8. The number of esters is 1. The lowest BCUT2D eigenvalue weighted by molar-refractivity contribution is -0.151. The maximum Gasteiger partial charge on any atom is 0.374 e. The smallest absolute Gasteiger partial charge is 0.374 e. The van der Waals surface area contributed by atoms with Crippen LogP contribution in [0.2, 0.25) is 0 Å². The number of benzene rings is 1. The maximum absolute atomic E-state index is 11.8. The molecule has 0 aromatic heterocycles. The molecular formula is C15H21N3O6S. The number of methoxy groups -OCH3 is 1. The van der Waals surface area contributed by atoms with Crippen LogP contribution in [0.4, 0.5) is 5.69 Å². The van der Waals surface area contributed by atoms with Gasteiger partial charge in [-0.2, -0.15) is 0 Å². The molecule has 0 aliphatic carbocycles. The summed E-state index contributed by atoms with van der Waals surface area (Å²) in [5.74, 6) is -2.35. The van der Waals surface area contributed by atoms with Gasteiger partial charge in [0.05, 0.1) is 12.9 Å². The van der Waals surface area contributed by atoms with E-state index in [-0.39, 0.29) is 31.6 Å². The SMILES string of the molecule is COC(=O)C(=O)CCCC(=O)NCCS(=O)(=O)NNc1ccccc1. The number of sulfonamides is 1. The van der Waals surface area contributed by atoms with Gasteiger partial charge in [-0.25, -0.2) is 13.2 Å². The fraction of sp³-hybridized carbons (Fsp3) is 0.400. The first kappa shape index (κ1) is 20.6. The molecule has 0 aliphatic heterocycles. The molecule has 0 unspecified atom stereocenters. The summed E-state index contributed by atoms with van der Waals surface area (Å²) in [6, 6.07) is 8.69. The Labute approximate surface area is 146 Å². The lowest BCUT2D eigenvalue weighted by Gasteiger charge is -2.10. The number of ether oxygens (including phenoxy) is 1. The summed E-state index contributed by atoms with van der Waals surface area (Å²) in [5, 5.41) is 2.44. The molecule has 0 bridgehead atoms. The molecule has 0 atom stereocenters. The second kappa shape index (κ2) is 10.4. The summed E-state index contributed by atoms with van der Waals surface area (Å²) in [4.78, 5) is 35.8.